The van der Waals surface area contributed by atoms with E-state index >= 15 is 0 Å². The molecule has 76 valence electrons. The van der Waals surface area contributed by atoms with Crippen LogP contribution in [0, 0.1) is 17.0 Å². The number of aryl methyl sites for hydroxylation is 1. The molecule has 0 aliphatic rings. The lowest BCUT2D eigenvalue weighted by molar-refractivity contribution is -0.384. The van der Waals surface area contributed by atoms with Crippen LogP contribution in [0.5, 0.6) is 0 Å². The van der Waals surface area contributed by atoms with E-state index in [-0.39, 0.29) is 10.7 Å². The lowest BCUT2D eigenvalue weighted by Crippen LogP contribution is -2.00. The van der Waals surface area contributed by atoms with Gasteiger partial charge >= 0.3 is 0 Å². The van der Waals surface area contributed by atoms with E-state index in [0.717, 1.165) is 17.8 Å². The van der Waals surface area contributed by atoms with E-state index in [4.69, 9.17) is 11.6 Å². The van der Waals surface area contributed by atoms with Crippen molar-refractivity contribution in [2.45, 2.75) is 13.8 Å². The van der Waals surface area contributed by atoms with Gasteiger partial charge < -0.3 is 5.32 Å². The van der Waals surface area contributed by atoms with Crippen LogP contribution in [0.3, 0.4) is 0 Å². The predicted molar refractivity (Wildman–Crippen MR) is 57.0 cm³/mol. The van der Waals surface area contributed by atoms with E-state index in [2.05, 4.69) is 5.32 Å². The normalized spacial score (nSPS) is 9.93. The molecule has 0 radical (unpaired) electrons. The fourth-order valence-corrected chi connectivity index (χ4v) is 1.42. The van der Waals surface area contributed by atoms with E-state index in [9.17, 15) is 10.1 Å². The minimum atomic E-state index is -0.481. The Kier molecular flexibility index (Phi) is 3.30. The zero-order valence-corrected chi connectivity index (χ0v) is 8.76. The lowest BCUT2D eigenvalue weighted by atomic mass is 10.2. The molecular formula is C9H11ClN2O2. The molecule has 0 aromatic heterocycles. The largest absolute Gasteiger partial charge is 0.385 e. The first kappa shape index (κ1) is 10.8. The molecule has 0 bridgehead atoms. The summed E-state index contributed by atoms with van der Waals surface area (Å²) in [4.78, 5) is 10.1. The second-order valence-corrected chi connectivity index (χ2v) is 3.31. The molecule has 0 saturated heterocycles. The van der Waals surface area contributed by atoms with E-state index in [0.29, 0.717) is 0 Å². The van der Waals surface area contributed by atoms with Gasteiger partial charge in [0.1, 0.15) is 5.02 Å². The van der Waals surface area contributed by atoms with Crippen LogP contribution in [0.25, 0.3) is 0 Å². The van der Waals surface area contributed by atoms with Crippen LogP contribution in [-0.4, -0.2) is 11.5 Å². The summed E-state index contributed by atoms with van der Waals surface area (Å²) in [5.41, 5.74) is 1.61. The fourth-order valence-electron chi connectivity index (χ4n) is 1.19. The summed E-state index contributed by atoms with van der Waals surface area (Å²) in [5, 5.41) is 13.8. The van der Waals surface area contributed by atoms with Crippen LogP contribution in [0.4, 0.5) is 11.4 Å². The zero-order valence-electron chi connectivity index (χ0n) is 8.00. The number of rotatable bonds is 3. The van der Waals surface area contributed by atoms with E-state index in [1.165, 1.54) is 6.07 Å². The van der Waals surface area contributed by atoms with Gasteiger partial charge in [-0.3, -0.25) is 10.1 Å². The number of hydrogen-bond donors (Lipinski definition) is 1. The molecule has 0 atom stereocenters. The Hall–Kier alpha value is -1.29. The number of nitrogens with zero attached hydrogens (tertiary/aromatic N) is 1. The van der Waals surface area contributed by atoms with Crippen molar-refractivity contribution in [1.29, 1.82) is 0 Å². The molecule has 0 spiro atoms. The molecule has 5 heteroatoms. The van der Waals surface area contributed by atoms with Gasteiger partial charge in [0, 0.05) is 18.3 Å². The molecule has 4 nitrogen and oxygen atoms in total. The van der Waals surface area contributed by atoms with Gasteiger partial charge in [-0.2, -0.15) is 0 Å². The van der Waals surface area contributed by atoms with Crippen molar-refractivity contribution >= 4 is 23.0 Å². The molecule has 14 heavy (non-hydrogen) atoms. The maximum Gasteiger partial charge on any atom is 0.288 e. The number of nitro groups is 1. The average Bonchev–Trinajstić information content (AvgIpc) is 2.10. The third-order valence-electron chi connectivity index (χ3n) is 1.86. The average molecular weight is 215 g/mol. The van der Waals surface area contributed by atoms with Gasteiger partial charge in [0.15, 0.2) is 0 Å². The van der Waals surface area contributed by atoms with Gasteiger partial charge in [-0.15, -0.1) is 0 Å². The van der Waals surface area contributed by atoms with Gasteiger partial charge in [-0.25, -0.2) is 0 Å². The number of anilines is 1. The minimum absolute atomic E-state index is 0.0502. The van der Waals surface area contributed by atoms with Crippen LogP contribution in [-0.2, 0) is 0 Å². The summed E-state index contributed by atoms with van der Waals surface area (Å²) < 4.78 is 0. The Morgan fingerprint density at radius 3 is 2.71 bits per heavy atom. The van der Waals surface area contributed by atoms with Crippen LogP contribution in [0.15, 0.2) is 12.1 Å². The van der Waals surface area contributed by atoms with Gasteiger partial charge in [-0.05, 0) is 25.5 Å². The number of benzene rings is 1. The summed E-state index contributed by atoms with van der Waals surface area (Å²) in [7, 11) is 0. The van der Waals surface area contributed by atoms with E-state index in [1.807, 2.05) is 6.92 Å². The molecule has 0 saturated carbocycles. The zero-order chi connectivity index (χ0) is 10.7. The molecule has 0 unspecified atom stereocenters. The van der Waals surface area contributed by atoms with Crippen LogP contribution < -0.4 is 5.32 Å². The van der Waals surface area contributed by atoms with Crippen molar-refractivity contribution in [3.63, 3.8) is 0 Å². The standard InChI is InChI=1S/C9H11ClN2O2/c1-3-11-8-5-7(10)9(12(13)14)4-6(8)2/h4-5,11H,3H2,1-2H3. The third kappa shape index (κ3) is 2.14. The molecule has 0 aliphatic carbocycles. The second kappa shape index (κ2) is 4.28. The molecule has 1 aromatic carbocycles. The van der Waals surface area contributed by atoms with Crippen LogP contribution >= 0.6 is 11.6 Å². The Labute approximate surface area is 87.0 Å². The van der Waals surface area contributed by atoms with Gasteiger partial charge in [0.2, 0.25) is 0 Å². The smallest absolute Gasteiger partial charge is 0.288 e. The summed E-state index contributed by atoms with van der Waals surface area (Å²) in [6.07, 6.45) is 0. The summed E-state index contributed by atoms with van der Waals surface area (Å²) in [5.74, 6) is 0. The number of nitro benzene ring substituents is 1. The summed E-state index contributed by atoms with van der Waals surface area (Å²) >= 11 is 5.75. The number of hydrogen-bond acceptors (Lipinski definition) is 3. The summed E-state index contributed by atoms with van der Waals surface area (Å²) in [6, 6.07) is 3.05. The minimum Gasteiger partial charge on any atom is -0.385 e. The van der Waals surface area contributed by atoms with Crippen LogP contribution in [0.2, 0.25) is 5.02 Å². The SMILES string of the molecule is CCNc1cc(Cl)c([N+](=O)[O-])cc1C. The number of nitrogens with one attached hydrogen (secondary N) is 1. The summed E-state index contributed by atoms with van der Waals surface area (Å²) in [6.45, 7) is 4.52. The quantitative estimate of drug-likeness (QED) is 0.622. The number of halogens is 1. The van der Waals surface area contributed by atoms with Gasteiger partial charge in [0.05, 0.1) is 4.92 Å². The highest BCUT2D eigenvalue weighted by atomic mass is 35.5. The highest BCUT2D eigenvalue weighted by Gasteiger charge is 2.14. The molecule has 0 fully saturated rings. The molecule has 0 aliphatic heterocycles. The molecule has 1 rings (SSSR count). The monoisotopic (exact) mass is 214 g/mol. The Morgan fingerprint density at radius 1 is 1.57 bits per heavy atom. The van der Waals surface area contributed by atoms with Crippen LogP contribution in [0.1, 0.15) is 12.5 Å². The Morgan fingerprint density at radius 2 is 2.21 bits per heavy atom. The highest BCUT2D eigenvalue weighted by Crippen LogP contribution is 2.30. The lowest BCUT2D eigenvalue weighted by Gasteiger charge is -2.07. The molecule has 1 N–H and O–H groups in total. The maximum atomic E-state index is 10.5. The van der Waals surface area contributed by atoms with Crippen molar-refractivity contribution in [2.75, 3.05) is 11.9 Å². The molecule has 0 heterocycles. The molecule has 1 aromatic rings. The first-order valence-electron chi connectivity index (χ1n) is 4.24. The van der Waals surface area contributed by atoms with Gasteiger partial charge in [0.25, 0.3) is 5.69 Å². The Balaban J connectivity index is 3.17. The molecular weight excluding hydrogens is 204 g/mol. The predicted octanol–water partition coefficient (Wildman–Crippen LogP) is 2.99. The van der Waals surface area contributed by atoms with Crippen molar-refractivity contribution in [3.8, 4) is 0 Å². The Bertz CT molecular complexity index is 366. The molecule has 0 amide bonds. The fraction of sp³-hybridized carbons (Fsp3) is 0.333. The van der Waals surface area contributed by atoms with Crippen molar-refractivity contribution in [2.24, 2.45) is 0 Å². The first-order valence-corrected chi connectivity index (χ1v) is 4.62. The highest BCUT2D eigenvalue weighted by molar-refractivity contribution is 6.33. The van der Waals surface area contributed by atoms with Gasteiger partial charge in [-0.1, -0.05) is 11.6 Å². The maximum absolute atomic E-state index is 10.5. The van der Waals surface area contributed by atoms with E-state index < -0.39 is 4.92 Å². The van der Waals surface area contributed by atoms with Crippen molar-refractivity contribution in [1.82, 2.24) is 0 Å². The van der Waals surface area contributed by atoms with E-state index in [1.54, 1.807) is 13.0 Å². The van der Waals surface area contributed by atoms with Crippen molar-refractivity contribution in [3.05, 3.63) is 32.8 Å². The third-order valence-corrected chi connectivity index (χ3v) is 2.16. The second-order valence-electron chi connectivity index (χ2n) is 2.91. The first-order chi connectivity index (χ1) is 6.56. The topological polar surface area (TPSA) is 55.2 Å². The van der Waals surface area contributed by atoms with Crippen molar-refractivity contribution < 1.29 is 4.92 Å².